The predicted molar refractivity (Wildman–Crippen MR) is 114 cm³/mol. The van der Waals surface area contributed by atoms with Gasteiger partial charge in [0.25, 0.3) is 0 Å². The van der Waals surface area contributed by atoms with Crippen LogP contribution >= 0.6 is 0 Å². The van der Waals surface area contributed by atoms with E-state index in [1.54, 1.807) is 6.07 Å². The fourth-order valence-corrected chi connectivity index (χ4v) is 4.08. The minimum Gasteiger partial charge on any atom is -0.491 e. The summed E-state index contributed by atoms with van der Waals surface area (Å²) >= 11 is 0. The molecule has 0 aliphatic heterocycles. The molecule has 6 nitrogen and oxygen atoms in total. The number of benzene rings is 2. The molecule has 6 heteroatoms. The van der Waals surface area contributed by atoms with Crippen LogP contribution in [0.3, 0.4) is 0 Å². The van der Waals surface area contributed by atoms with Crippen LogP contribution < -0.4 is 10.5 Å². The summed E-state index contributed by atoms with van der Waals surface area (Å²) < 4.78 is 5.56. The van der Waals surface area contributed by atoms with E-state index in [0.717, 1.165) is 27.7 Å². The van der Waals surface area contributed by atoms with Gasteiger partial charge in [-0.05, 0) is 36.8 Å². The number of aromatic amines is 1. The number of carbonyl (C=O) groups excluding carboxylic acids is 1. The first-order chi connectivity index (χ1) is 13.9. The fourth-order valence-electron chi connectivity index (χ4n) is 4.08. The van der Waals surface area contributed by atoms with Crippen LogP contribution in [0.4, 0.5) is 0 Å². The van der Waals surface area contributed by atoms with Gasteiger partial charge in [0.2, 0.25) is 0 Å². The third-order valence-electron chi connectivity index (χ3n) is 5.54. The van der Waals surface area contributed by atoms with Crippen molar-refractivity contribution >= 4 is 22.5 Å². The number of aliphatic hydroxyl groups excluding tert-OH is 1. The van der Waals surface area contributed by atoms with Crippen molar-refractivity contribution in [3.63, 3.8) is 0 Å². The van der Waals surface area contributed by atoms with Gasteiger partial charge in [-0.25, -0.2) is 0 Å². The maximum absolute atomic E-state index is 13.4. The van der Waals surface area contributed by atoms with Gasteiger partial charge in [0.15, 0.2) is 5.78 Å². The highest BCUT2D eigenvalue weighted by Crippen LogP contribution is 2.44. The second kappa shape index (κ2) is 7.04. The van der Waals surface area contributed by atoms with E-state index in [-0.39, 0.29) is 19.0 Å². The Kier molecular flexibility index (Phi) is 4.67. The van der Waals surface area contributed by atoms with E-state index < -0.39 is 5.41 Å². The third-order valence-corrected chi connectivity index (χ3v) is 5.54. The zero-order valence-corrected chi connectivity index (χ0v) is 16.9. The van der Waals surface area contributed by atoms with Crippen molar-refractivity contribution in [1.82, 2.24) is 4.98 Å². The van der Waals surface area contributed by atoms with Gasteiger partial charge in [0.05, 0.1) is 12.2 Å². The van der Waals surface area contributed by atoms with E-state index in [9.17, 15) is 4.79 Å². The molecule has 0 saturated carbocycles. The molecule has 4 rings (SSSR count). The van der Waals surface area contributed by atoms with Gasteiger partial charge in [-0.1, -0.05) is 26.0 Å². The normalized spacial score (nSPS) is 15.3. The van der Waals surface area contributed by atoms with Crippen molar-refractivity contribution in [3.8, 4) is 5.75 Å². The zero-order chi connectivity index (χ0) is 20.8. The van der Waals surface area contributed by atoms with Gasteiger partial charge >= 0.3 is 0 Å². The molecule has 0 bridgehead atoms. The molecule has 1 heterocycles. The van der Waals surface area contributed by atoms with Crippen LogP contribution in [-0.2, 0) is 5.41 Å². The molecule has 150 valence electrons. The summed E-state index contributed by atoms with van der Waals surface area (Å²) in [5.74, 6) is 1.13. The Hall–Kier alpha value is -3.12. The second-order valence-corrected chi connectivity index (χ2v) is 7.73. The summed E-state index contributed by atoms with van der Waals surface area (Å²) in [6.45, 7) is 6.90. The first kappa shape index (κ1) is 19.2. The zero-order valence-electron chi connectivity index (χ0n) is 16.9. The molecule has 0 saturated heterocycles. The summed E-state index contributed by atoms with van der Waals surface area (Å²) in [5, 5.41) is 9.90. The highest BCUT2D eigenvalue weighted by atomic mass is 16.5. The fraction of sp³-hybridized carbons (Fsp3) is 0.304. The number of fused-ring (bicyclic) bond motifs is 4. The number of nitrogens with one attached hydrogen (secondary N) is 1. The maximum atomic E-state index is 13.4. The van der Waals surface area contributed by atoms with Crippen LogP contribution in [0.1, 0.15) is 53.5 Å². The van der Waals surface area contributed by atoms with Crippen molar-refractivity contribution < 1.29 is 14.6 Å². The van der Waals surface area contributed by atoms with E-state index in [2.05, 4.69) is 23.8 Å². The number of aromatic nitrogens is 1. The van der Waals surface area contributed by atoms with Gasteiger partial charge in [-0.3, -0.25) is 9.79 Å². The lowest BCUT2D eigenvalue weighted by Gasteiger charge is -2.32. The molecule has 0 unspecified atom stereocenters. The van der Waals surface area contributed by atoms with Gasteiger partial charge in [0, 0.05) is 39.7 Å². The average molecular weight is 391 g/mol. The number of nitrogens with zero attached hydrogens (tertiary/aromatic N) is 1. The van der Waals surface area contributed by atoms with Gasteiger partial charge in [0.1, 0.15) is 18.2 Å². The summed E-state index contributed by atoms with van der Waals surface area (Å²) in [6, 6.07) is 11.3. The highest BCUT2D eigenvalue weighted by molar-refractivity contribution is 6.20. The lowest BCUT2D eigenvalue weighted by atomic mass is 9.71. The molecule has 0 amide bonds. The van der Waals surface area contributed by atoms with Gasteiger partial charge < -0.3 is 20.6 Å². The van der Waals surface area contributed by atoms with Crippen LogP contribution in [0.5, 0.6) is 5.75 Å². The topological polar surface area (TPSA) is 101 Å². The molecule has 0 spiro atoms. The molecule has 3 aromatic rings. The van der Waals surface area contributed by atoms with Crippen LogP contribution in [-0.4, -0.2) is 41.5 Å². The Bertz CT molecular complexity index is 1140. The Morgan fingerprint density at radius 1 is 1.24 bits per heavy atom. The smallest absolute Gasteiger partial charge is 0.195 e. The van der Waals surface area contributed by atoms with Crippen molar-refractivity contribution in [2.75, 3.05) is 19.8 Å². The molecule has 0 atom stereocenters. The highest BCUT2D eigenvalue weighted by Gasteiger charge is 2.39. The number of ether oxygens (including phenoxy) is 1. The molecular weight excluding hydrogens is 366 g/mol. The van der Waals surface area contributed by atoms with Gasteiger partial charge in [-0.2, -0.15) is 0 Å². The van der Waals surface area contributed by atoms with E-state index >= 15 is 0 Å². The van der Waals surface area contributed by atoms with Crippen molar-refractivity contribution in [2.24, 2.45) is 10.7 Å². The van der Waals surface area contributed by atoms with Crippen LogP contribution in [0, 0.1) is 0 Å². The molecule has 4 N–H and O–H groups in total. The van der Waals surface area contributed by atoms with E-state index in [1.807, 2.05) is 37.3 Å². The molecule has 2 aromatic carbocycles. The van der Waals surface area contributed by atoms with Crippen LogP contribution in [0.15, 0.2) is 41.4 Å². The SMILES string of the molecule is CC/N=C(\N)c1ccc2c3c([nH]c2c1)C(C)(C)c1cc(OCCO)ccc1C3=O. The lowest BCUT2D eigenvalue weighted by Crippen LogP contribution is -2.30. The quantitative estimate of drug-likeness (QED) is 0.459. The molecular formula is C23H25N3O3. The Labute approximate surface area is 169 Å². The maximum Gasteiger partial charge on any atom is 0.195 e. The standard InChI is InChI=1S/C23H25N3O3/c1-4-25-22(24)13-5-7-16-18(11-13)26-21-19(16)20(28)15-8-6-14(29-10-9-27)12-17(15)23(21,2)3/h5-8,11-12,26-27H,4,9-10H2,1-3H3,(H2,24,25). The number of hydrogen-bond donors (Lipinski definition) is 3. The number of amidine groups is 1. The van der Waals surface area contributed by atoms with E-state index in [1.165, 1.54) is 0 Å². The van der Waals surface area contributed by atoms with Crippen molar-refractivity contribution in [3.05, 3.63) is 64.3 Å². The average Bonchev–Trinajstić information content (AvgIpc) is 3.11. The molecule has 1 aromatic heterocycles. The number of rotatable bonds is 5. The van der Waals surface area contributed by atoms with Crippen molar-refractivity contribution in [2.45, 2.75) is 26.2 Å². The number of aliphatic imine (C=N–C) groups is 1. The number of nitrogens with two attached hydrogens (primary N) is 1. The largest absolute Gasteiger partial charge is 0.491 e. The van der Waals surface area contributed by atoms with E-state index in [4.69, 9.17) is 15.6 Å². The number of H-pyrrole nitrogens is 1. The van der Waals surface area contributed by atoms with E-state index in [0.29, 0.717) is 29.3 Å². The molecule has 1 aliphatic rings. The lowest BCUT2D eigenvalue weighted by molar-refractivity contribution is 0.103. The molecule has 0 radical (unpaired) electrons. The van der Waals surface area contributed by atoms with Crippen molar-refractivity contribution in [1.29, 1.82) is 0 Å². The third kappa shape index (κ3) is 3.00. The minimum atomic E-state index is -0.417. The number of aliphatic hydroxyl groups is 1. The second-order valence-electron chi connectivity index (χ2n) is 7.73. The monoisotopic (exact) mass is 391 g/mol. The Morgan fingerprint density at radius 2 is 2.03 bits per heavy atom. The Morgan fingerprint density at radius 3 is 2.76 bits per heavy atom. The first-order valence-corrected chi connectivity index (χ1v) is 9.77. The molecule has 0 fully saturated rings. The summed E-state index contributed by atoms with van der Waals surface area (Å²) in [5.41, 5.74) is 10.5. The molecule has 1 aliphatic carbocycles. The summed E-state index contributed by atoms with van der Waals surface area (Å²) in [6.07, 6.45) is 0. The first-order valence-electron chi connectivity index (χ1n) is 9.77. The molecule has 29 heavy (non-hydrogen) atoms. The number of carbonyl (C=O) groups is 1. The summed E-state index contributed by atoms with van der Waals surface area (Å²) in [4.78, 5) is 21.1. The van der Waals surface area contributed by atoms with Crippen LogP contribution in [0.25, 0.3) is 10.9 Å². The van der Waals surface area contributed by atoms with Crippen LogP contribution in [0.2, 0.25) is 0 Å². The predicted octanol–water partition coefficient (Wildman–Crippen LogP) is 3.13. The number of hydrogen-bond acceptors (Lipinski definition) is 4. The minimum absolute atomic E-state index is 0.00256. The summed E-state index contributed by atoms with van der Waals surface area (Å²) in [7, 11) is 0. The number of ketones is 1. The van der Waals surface area contributed by atoms with Gasteiger partial charge in [-0.15, -0.1) is 0 Å². The Balaban J connectivity index is 1.88.